The van der Waals surface area contributed by atoms with Crippen molar-refractivity contribution in [2.75, 3.05) is 6.61 Å². The lowest BCUT2D eigenvalue weighted by Gasteiger charge is -2.18. The zero-order chi connectivity index (χ0) is 15.9. The molecule has 1 rings (SSSR count). The number of benzene rings is 1. The van der Waals surface area contributed by atoms with Gasteiger partial charge in [0.1, 0.15) is 12.6 Å². The van der Waals surface area contributed by atoms with Crippen molar-refractivity contribution in [3.05, 3.63) is 48.6 Å². The summed E-state index contributed by atoms with van der Waals surface area (Å²) >= 11 is 0. The number of nitrogens with one attached hydrogen (secondary N) is 1. The minimum Gasteiger partial charge on any atom is -0.460 e. The number of esters is 1. The van der Waals surface area contributed by atoms with Gasteiger partial charge in [0, 0.05) is 6.42 Å². The van der Waals surface area contributed by atoms with Gasteiger partial charge in [-0.2, -0.15) is 13.2 Å². The number of rotatable bonds is 6. The second kappa shape index (κ2) is 7.47. The smallest absolute Gasteiger partial charge is 0.460 e. The summed E-state index contributed by atoms with van der Waals surface area (Å²) in [5.74, 6) is -3.13. The van der Waals surface area contributed by atoms with E-state index in [9.17, 15) is 22.8 Å². The van der Waals surface area contributed by atoms with Gasteiger partial charge in [0.2, 0.25) is 0 Å². The van der Waals surface area contributed by atoms with Gasteiger partial charge in [0.25, 0.3) is 0 Å². The van der Waals surface area contributed by atoms with Crippen molar-refractivity contribution >= 4 is 11.9 Å². The van der Waals surface area contributed by atoms with E-state index in [1.54, 1.807) is 35.6 Å². The van der Waals surface area contributed by atoms with Crippen LogP contribution in [0.15, 0.2) is 43.0 Å². The first kappa shape index (κ1) is 16.7. The molecular weight excluding hydrogens is 287 g/mol. The molecule has 0 aliphatic carbocycles. The van der Waals surface area contributed by atoms with E-state index in [0.717, 1.165) is 0 Å². The number of alkyl halides is 3. The standard InChI is InChI=1S/C14H14F3NO3/c1-2-8-21-12(19)11(18-13(20)14(15,16)17)9-10-6-4-3-5-7-10/h2-7,11H,1,8-9H2,(H,18,20). The minimum atomic E-state index is -5.06. The van der Waals surface area contributed by atoms with Crippen molar-refractivity contribution in [1.82, 2.24) is 5.32 Å². The third-order valence-corrected chi connectivity index (χ3v) is 2.47. The van der Waals surface area contributed by atoms with Gasteiger partial charge >= 0.3 is 18.1 Å². The molecule has 0 spiro atoms. The Morgan fingerprint density at radius 1 is 1.29 bits per heavy atom. The van der Waals surface area contributed by atoms with E-state index in [4.69, 9.17) is 4.74 Å². The molecule has 21 heavy (non-hydrogen) atoms. The SMILES string of the molecule is C=CCOC(=O)C(Cc1ccccc1)NC(=O)C(F)(F)F. The van der Waals surface area contributed by atoms with Crippen molar-refractivity contribution in [1.29, 1.82) is 0 Å². The Kier molecular flexibility index (Phi) is 5.95. The number of carbonyl (C=O) groups is 2. The lowest BCUT2D eigenvalue weighted by molar-refractivity contribution is -0.175. The average Bonchev–Trinajstić information content (AvgIpc) is 2.44. The summed E-state index contributed by atoms with van der Waals surface area (Å²) in [6.07, 6.45) is -3.88. The second-order valence-corrected chi connectivity index (χ2v) is 4.13. The van der Waals surface area contributed by atoms with Crippen molar-refractivity contribution in [3.8, 4) is 0 Å². The van der Waals surface area contributed by atoms with E-state index >= 15 is 0 Å². The fourth-order valence-corrected chi connectivity index (χ4v) is 1.52. The highest BCUT2D eigenvalue weighted by Crippen LogP contribution is 2.15. The van der Waals surface area contributed by atoms with Gasteiger partial charge in [-0.1, -0.05) is 43.0 Å². The highest BCUT2D eigenvalue weighted by atomic mass is 19.4. The molecule has 0 aromatic heterocycles. The van der Waals surface area contributed by atoms with Crippen LogP contribution >= 0.6 is 0 Å². The molecule has 0 aliphatic rings. The highest BCUT2D eigenvalue weighted by Gasteiger charge is 2.41. The first-order valence-electron chi connectivity index (χ1n) is 6.03. The molecule has 0 saturated heterocycles. The summed E-state index contributed by atoms with van der Waals surface area (Å²) in [7, 11) is 0. The number of ether oxygens (including phenoxy) is 1. The van der Waals surface area contributed by atoms with Crippen LogP contribution in [0, 0.1) is 0 Å². The Morgan fingerprint density at radius 2 is 1.90 bits per heavy atom. The maximum absolute atomic E-state index is 12.3. The van der Waals surface area contributed by atoms with Crippen molar-refractivity contribution in [2.45, 2.75) is 18.6 Å². The fraction of sp³-hybridized carbons (Fsp3) is 0.286. The molecule has 0 radical (unpaired) electrons. The van der Waals surface area contributed by atoms with E-state index < -0.39 is 24.1 Å². The number of hydrogen-bond acceptors (Lipinski definition) is 3. The molecule has 1 aromatic rings. The first-order chi connectivity index (χ1) is 9.84. The molecule has 1 unspecified atom stereocenters. The lowest BCUT2D eigenvalue weighted by Crippen LogP contribution is -2.48. The highest BCUT2D eigenvalue weighted by molar-refractivity contribution is 5.87. The Labute approximate surface area is 119 Å². The Hall–Kier alpha value is -2.31. The van der Waals surface area contributed by atoms with Crippen molar-refractivity contribution < 1.29 is 27.5 Å². The Bertz CT molecular complexity index is 500. The van der Waals surface area contributed by atoms with Crippen LogP contribution in [-0.4, -0.2) is 30.7 Å². The molecule has 0 aliphatic heterocycles. The Balaban J connectivity index is 2.81. The molecule has 4 nitrogen and oxygen atoms in total. The molecule has 0 fully saturated rings. The van der Waals surface area contributed by atoms with E-state index in [-0.39, 0.29) is 13.0 Å². The first-order valence-corrected chi connectivity index (χ1v) is 6.03. The van der Waals surface area contributed by atoms with Gasteiger partial charge in [-0.3, -0.25) is 4.79 Å². The molecule has 0 bridgehead atoms. The lowest BCUT2D eigenvalue weighted by atomic mass is 10.1. The summed E-state index contributed by atoms with van der Waals surface area (Å²) in [6, 6.07) is 6.92. The molecule has 1 aromatic carbocycles. The van der Waals surface area contributed by atoms with E-state index in [1.807, 2.05) is 0 Å². The zero-order valence-corrected chi connectivity index (χ0v) is 11.0. The van der Waals surface area contributed by atoms with Gasteiger partial charge in [-0.25, -0.2) is 4.79 Å². The van der Waals surface area contributed by atoms with Crippen LogP contribution < -0.4 is 5.32 Å². The van der Waals surface area contributed by atoms with Crippen molar-refractivity contribution in [3.63, 3.8) is 0 Å². The molecular formula is C14H14F3NO3. The Morgan fingerprint density at radius 3 is 2.43 bits per heavy atom. The molecule has 1 amide bonds. The summed E-state index contributed by atoms with van der Waals surface area (Å²) in [5, 5.41) is 1.64. The van der Waals surface area contributed by atoms with Gasteiger partial charge in [-0.05, 0) is 5.56 Å². The van der Waals surface area contributed by atoms with Crippen molar-refractivity contribution in [2.24, 2.45) is 0 Å². The van der Waals surface area contributed by atoms with Crippen LogP contribution in [0.2, 0.25) is 0 Å². The number of amides is 1. The summed E-state index contributed by atoms with van der Waals surface area (Å²) in [4.78, 5) is 22.7. The molecule has 114 valence electrons. The van der Waals surface area contributed by atoms with Crippen LogP contribution in [0.25, 0.3) is 0 Å². The number of halogens is 3. The van der Waals surface area contributed by atoms with Gasteiger partial charge < -0.3 is 10.1 Å². The second-order valence-electron chi connectivity index (χ2n) is 4.13. The number of carbonyl (C=O) groups excluding carboxylic acids is 2. The predicted octanol–water partition coefficient (Wildman–Crippen LogP) is 2.01. The largest absolute Gasteiger partial charge is 0.471 e. The molecule has 1 atom stereocenters. The van der Waals surface area contributed by atoms with Gasteiger partial charge in [0.15, 0.2) is 0 Å². The molecule has 1 N–H and O–H groups in total. The minimum absolute atomic E-state index is 0.0986. The molecule has 7 heteroatoms. The third-order valence-electron chi connectivity index (χ3n) is 2.47. The van der Waals surface area contributed by atoms with E-state index in [2.05, 4.69) is 6.58 Å². The molecule has 0 saturated carbocycles. The van der Waals surface area contributed by atoms with E-state index in [0.29, 0.717) is 5.56 Å². The van der Waals surface area contributed by atoms with Gasteiger partial charge in [0.05, 0.1) is 0 Å². The third kappa shape index (κ3) is 5.68. The maximum atomic E-state index is 12.3. The van der Waals surface area contributed by atoms with Crippen LogP contribution in [0.3, 0.4) is 0 Å². The monoisotopic (exact) mass is 301 g/mol. The van der Waals surface area contributed by atoms with Gasteiger partial charge in [-0.15, -0.1) is 0 Å². The fourth-order valence-electron chi connectivity index (χ4n) is 1.52. The quantitative estimate of drug-likeness (QED) is 0.646. The van der Waals surface area contributed by atoms with Crippen LogP contribution in [-0.2, 0) is 20.7 Å². The van der Waals surface area contributed by atoms with Crippen LogP contribution in [0.1, 0.15) is 5.56 Å². The topological polar surface area (TPSA) is 55.4 Å². The predicted molar refractivity (Wildman–Crippen MR) is 69.3 cm³/mol. The summed E-state index contributed by atoms with van der Waals surface area (Å²) < 4.78 is 41.6. The summed E-state index contributed by atoms with van der Waals surface area (Å²) in [6.45, 7) is 3.18. The summed E-state index contributed by atoms with van der Waals surface area (Å²) in [5.41, 5.74) is 0.598. The molecule has 0 heterocycles. The van der Waals surface area contributed by atoms with E-state index in [1.165, 1.54) is 6.08 Å². The average molecular weight is 301 g/mol. The van der Waals surface area contributed by atoms with Crippen LogP contribution in [0.5, 0.6) is 0 Å². The van der Waals surface area contributed by atoms with Crippen LogP contribution in [0.4, 0.5) is 13.2 Å². The zero-order valence-electron chi connectivity index (χ0n) is 11.0. The maximum Gasteiger partial charge on any atom is 0.471 e. The number of hydrogen-bond donors (Lipinski definition) is 1. The normalized spacial score (nSPS) is 12.3.